The number of hydrogen-bond donors (Lipinski definition) is 4. The quantitative estimate of drug-likeness (QED) is 0.131. The molecule has 6 unspecified atom stereocenters. The summed E-state index contributed by atoms with van der Waals surface area (Å²) in [5.74, 6) is -1.27. The smallest absolute Gasteiger partial charge is 0.418 e. The summed E-state index contributed by atoms with van der Waals surface area (Å²) in [5, 5.41) is 13.0. The molecule has 1 aliphatic carbocycles. The van der Waals surface area contributed by atoms with E-state index in [1.54, 1.807) is 40.1 Å². The van der Waals surface area contributed by atoms with Crippen LogP contribution in [-0.2, 0) is 35.3 Å². The van der Waals surface area contributed by atoms with E-state index in [4.69, 9.17) is 20.6 Å². The van der Waals surface area contributed by atoms with Crippen molar-refractivity contribution in [3.8, 4) is 0 Å². The fourth-order valence-electron chi connectivity index (χ4n) is 7.71. The minimum Gasteiger partial charge on any atom is -0.445 e. The van der Waals surface area contributed by atoms with Gasteiger partial charge in [-0.05, 0) is 55.9 Å². The molecule has 2 aromatic carbocycles. The zero-order valence-corrected chi connectivity index (χ0v) is 28.3. The van der Waals surface area contributed by atoms with Crippen molar-refractivity contribution < 1.29 is 33.4 Å². The van der Waals surface area contributed by atoms with Crippen LogP contribution < -0.4 is 16.4 Å². The summed E-state index contributed by atoms with van der Waals surface area (Å²) in [6.45, 7) is 2.48. The molecule has 13 heteroatoms. The van der Waals surface area contributed by atoms with Crippen LogP contribution in [0.15, 0.2) is 60.7 Å². The predicted octanol–water partition coefficient (Wildman–Crippen LogP) is 3.34. The van der Waals surface area contributed by atoms with Crippen molar-refractivity contribution in [3.63, 3.8) is 0 Å². The Kier molecular flexibility index (Phi) is 12.8. The van der Waals surface area contributed by atoms with E-state index in [0.29, 0.717) is 43.8 Å². The minimum absolute atomic E-state index is 0.0370. The Morgan fingerprint density at radius 1 is 0.920 bits per heavy atom. The summed E-state index contributed by atoms with van der Waals surface area (Å²) in [7, 11) is 0. The second kappa shape index (κ2) is 17.6. The number of nitrogens with one attached hydrogen (secondary N) is 3. The van der Waals surface area contributed by atoms with E-state index in [2.05, 4.69) is 10.6 Å². The normalized spacial score (nSPS) is 22.7. The van der Waals surface area contributed by atoms with Crippen molar-refractivity contribution in [2.24, 2.45) is 17.6 Å². The average molecular weight is 688 g/mol. The van der Waals surface area contributed by atoms with E-state index in [1.807, 2.05) is 30.3 Å². The molecule has 267 valence electrons. The lowest BCUT2D eigenvalue weighted by Gasteiger charge is -2.47. The van der Waals surface area contributed by atoms with Crippen LogP contribution in [0.4, 0.5) is 4.79 Å². The highest BCUT2D eigenvalue weighted by Crippen LogP contribution is 2.41. The van der Waals surface area contributed by atoms with Crippen LogP contribution in [0, 0.1) is 17.2 Å². The zero-order chi connectivity index (χ0) is 35.5. The SMILES string of the molecule is N=C(N)NCCCC(NC(=O)C1CCCN1C(=O)C1C2CCCCC2CCN1C(=O)OCc1ccccc1)C(=O)C(O[C]=O)c1ccccc1. The number of carbonyl (C=O) groups is 4. The fraction of sp³-hybridized carbons (Fsp3) is 0.514. The summed E-state index contributed by atoms with van der Waals surface area (Å²) < 4.78 is 10.8. The first-order valence-corrected chi connectivity index (χ1v) is 17.6. The molecule has 5 rings (SSSR count). The Balaban J connectivity index is 1.34. The van der Waals surface area contributed by atoms with Crippen molar-refractivity contribution in [2.45, 2.75) is 88.6 Å². The topological polar surface area (TPSA) is 184 Å². The lowest BCUT2D eigenvalue weighted by atomic mass is 9.70. The highest BCUT2D eigenvalue weighted by molar-refractivity contribution is 5.96. The molecule has 2 aromatic rings. The number of fused-ring (bicyclic) bond motifs is 1. The van der Waals surface area contributed by atoms with Gasteiger partial charge in [0.05, 0.1) is 6.04 Å². The molecule has 0 spiro atoms. The van der Waals surface area contributed by atoms with Crippen LogP contribution >= 0.6 is 0 Å². The van der Waals surface area contributed by atoms with Crippen molar-refractivity contribution in [1.29, 1.82) is 5.41 Å². The molecule has 2 saturated heterocycles. The maximum Gasteiger partial charge on any atom is 0.418 e. The maximum atomic E-state index is 14.6. The number of nitrogens with zero attached hydrogens (tertiary/aromatic N) is 2. The van der Waals surface area contributed by atoms with E-state index in [1.165, 1.54) is 6.47 Å². The molecule has 3 aliphatic rings. The van der Waals surface area contributed by atoms with Gasteiger partial charge in [0.2, 0.25) is 11.8 Å². The van der Waals surface area contributed by atoms with E-state index >= 15 is 0 Å². The number of carbonyl (C=O) groups excluding carboxylic acids is 5. The summed E-state index contributed by atoms with van der Waals surface area (Å²) in [6.07, 6.45) is 4.31. The largest absolute Gasteiger partial charge is 0.445 e. The molecule has 1 saturated carbocycles. The highest BCUT2D eigenvalue weighted by atomic mass is 16.6. The number of ketones is 1. The monoisotopic (exact) mass is 687 g/mol. The van der Waals surface area contributed by atoms with Gasteiger partial charge >= 0.3 is 12.6 Å². The number of benzene rings is 2. The lowest BCUT2D eigenvalue weighted by Crippen LogP contribution is -2.61. The third-order valence-corrected chi connectivity index (χ3v) is 10.2. The van der Waals surface area contributed by atoms with Crippen LogP contribution in [0.1, 0.15) is 75.0 Å². The van der Waals surface area contributed by atoms with E-state index < -0.39 is 42.0 Å². The first-order valence-electron chi connectivity index (χ1n) is 17.6. The number of ether oxygens (including phenoxy) is 2. The van der Waals surface area contributed by atoms with Gasteiger partial charge in [0.25, 0.3) is 0 Å². The number of likely N-dealkylation sites (tertiary alicyclic amines) is 2. The van der Waals surface area contributed by atoms with Crippen LogP contribution in [0.25, 0.3) is 0 Å². The van der Waals surface area contributed by atoms with Crippen LogP contribution in [-0.4, -0.2) is 83.7 Å². The molecule has 3 amide bonds. The van der Waals surface area contributed by atoms with Gasteiger partial charge in [0.15, 0.2) is 17.8 Å². The van der Waals surface area contributed by atoms with Crippen LogP contribution in [0.3, 0.4) is 0 Å². The molecule has 0 bridgehead atoms. The van der Waals surface area contributed by atoms with Gasteiger partial charge in [-0.25, -0.2) is 9.59 Å². The molecule has 2 aliphatic heterocycles. The molecular formula is C37H47N6O7. The molecular weight excluding hydrogens is 640 g/mol. The standard InChI is InChI=1S/C37H47N6O7/c38-36(39)40-20-9-17-29(32(45)33(50-24-44)27-14-5-2-6-15-27)41-34(46)30-18-10-21-42(30)35(47)31-28-16-8-7-13-26(28)19-22-43(31)37(48)49-23-25-11-3-1-4-12-25/h1-6,11-12,14-15,26,28-31,33H,7-10,13,16-23H2,(H,41,46)(H4,38,39,40). The molecule has 3 fully saturated rings. The number of hydrogen-bond acceptors (Lipinski definition) is 8. The van der Waals surface area contributed by atoms with Crippen molar-refractivity contribution in [2.75, 3.05) is 19.6 Å². The number of Topliss-reactive ketones (excluding diaryl/α,β-unsaturated/α-hetero) is 1. The van der Waals surface area contributed by atoms with Crippen molar-refractivity contribution in [1.82, 2.24) is 20.4 Å². The second-order valence-corrected chi connectivity index (χ2v) is 13.3. The Morgan fingerprint density at radius 2 is 1.64 bits per heavy atom. The van der Waals surface area contributed by atoms with E-state index in [0.717, 1.165) is 37.7 Å². The number of nitrogens with two attached hydrogens (primary N) is 1. The molecule has 6 atom stereocenters. The third kappa shape index (κ3) is 8.99. The molecule has 50 heavy (non-hydrogen) atoms. The molecule has 13 nitrogen and oxygen atoms in total. The van der Waals surface area contributed by atoms with Crippen molar-refractivity contribution in [3.05, 3.63) is 71.8 Å². The summed E-state index contributed by atoms with van der Waals surface area (Å²) >= 11 is 0. The van der Waals surface area contributed by atoms with Gasteiger partial charge in [0.1, 0.15) is 18.7 Å². The Morgan fingerprint density at radius 3 is 2.36 bits per heavy atom. The first-order chi connectivity index (χ1) is 24.3. The molecule has 2 heterocycles. The summed E-state index contributed by atoms with van der Waals surface area (Å²) in [5.41, 5.74) is 6.69. The summed E-state index contributed by atoms with van der Waals surface area (Å²) in [6, 6.07) is 15.2. The van der Waals surface area contributed by atoms with Crippen molar-refractivity contribution >= 4 is 36.1 Å². The second-order valence-electron chi connectivity index (χ2n) is 13.3. The number of piperidine rings is 1. The maximum absolute atomic E-state index is 14.6. The summed E-state index contributed by atoms with van der Waals surface area (Å²) in [4.78, 5) is 70.5. The third-order valence-electron chi connectivity index (χ3n) is 10.2. The van der Waals surface area contributed by atoms with Gasteiger partial charge in [0, 0.05) is 25.2 Å². The average Bonchev–Trinajstić information content (AvgIpc) is 3.64. The van der Waals surface area contributed by atoms with Gasteiger partial charge in [-0.1, -0.05) is 79.9 Å². The van der Waals surface area contributed by atoms with Gasteiger partial charge < -0.3 is 30.7 Å². The van der Waals surface area contributed by atoms with E-state index in [9.17, 15) is 24.0 Å². The predicted molar refractivity (Wildman–Crippen MR) is 184 cm³/mol. The van der Waals surface area contributed by atoms with Gasteiger partial charge in [-0.15, -0.1) is 0 Å². The van der Waals surface area contributed by atoms with Gasteiger partial charge in [-0.2, -0.15) is 0 Å². The lowest BCUT2D eigenvalue weighted by molar-refractivity contribution is -0.147. The minimum atomic E-state index is -1.30. The molecule has 5 N–H and O–H groups in total. The number of rotatable bonds is 14. The Labute approximate surface area is 292 Å². The number of amides is 3. The van der Waals surface area contributed by atoms with Crippen LogP contribution in [0.2, 0.25) is 0 Å². The van der Waals surface area contributed by atoms with E-state index in [-0.39, 0.29) is 37.4 Å². The Bertz CT molecular complexity index is 1490. The first kappa shape index (κ1) is 36.3. The highest BCUT2D eigenvalue weighted by Gasteiger charge is 2.49. The molecule has 0 aromatic heterocycles. The van der Waals surface area contributed by atoms with Crippen LogP contribution in [0.5, 0.6) is 0 Å². The zero-order valence-electron chi connectivity index (χ0n) is 28.3. The fourth-order valence-corrected chi connectivity index (χ4v) is 7.71. The van der Waals surface area contributed by atoms with Gasteiger partial charge in [-0.3, -0.25) is 24.7 Å². The number of guanidine groups is 1. The Hall–Kier alpha value is -4.94. The molecule has 1 radical (unpaired) electrons.